The van der Waals surface area contributed by atoms with Gasteiger partial charge in [0.05, 0.1) is 16.6 Å². The Labute approximate surface area is 192 Å². The van der Waals surface area contributed by atoms with Crippen LogP contribution in [0.5, 0.6) is 0 Å². The van der Waals surface area contributed by atoms with Crippen molar-refractivity contribution >= 4 is 38.9 Å². The van der Waals surface area contributed by atoms with Crippen molar-refractivity contribution in [1.29, 1.82) is 0 Å². The van der Waals surface area contributed by atoms with Crippen LogP contribution in [-0.4, -0.2) is 30.1 Å². The van der Waals surface area contributed by atoms with Crippen molar-refractivity contribution in [3.05, 3.63) is 81.5 Å². The van der Waals surface area contributed by atoms with Crippen LogP contribution in [0.4, 0.5) is 5.82 Å². The second-order valence-electron chi connectivity index (χ2n) is 6.84. The average molecular weight is 458 g/mol. The molecule has 1 aromatic carbocycles. The summed E-state index contributed by atoms with van der Waals surface area (Å²) in [7, 11) is 0. The Hall–Kier alpha value is -4.49. The third-order valence-corrected chi connectivity index (χ3v) is 5.70. The summed E-state index contributed by atoms with van der Waals surface area (Å²) in [6.07, 6.45) is 9.34. The van der Waals surface area contributed by atoms with E-state index in [1.54, 1.807) is 23.0 Å². The number of terminal acetylenes is 1. The SMILES string of the molecule is C#Cc1csc2nc(CC)n(-c3ccccc3)c(=O)c12.NC(=O)c1c(N)nn2cccnc12. The quantitative estimate of drug-likeness (QED) is 0.400. The van der Waals surface area contributed by atoms with Gasteiger partial charge >= 0.3 is 0 Å². The summed E-state index contributed by atoms with van der Waals surface area (Å²) in [4.78, 5) is 33.0. The topological polar surface area (TPSA) is 134 Å². The number of anilines is 1. The predicted octanol–water partition coefficient (Wildman–Crippen LogP) is 2.40. The zero-order chi connectivity index (χ0) is 23.5. The molecule has 10 heteroatoms. The fourth-order valence-corrected chi connectivity index (χ4v) is 4.25. The van der Waals surface area contributed by atoms with Gasteiger partial charge in [-0.15, -0.1) is 22.9 Å². The van der Waals surface area contributed by atoms with Gasteiger partial charge in [-0.2, -0.15) is 0 Å². The number of primary amides is 1. The molecule has 33 heavy (non-hydrogen) atoms. The van der Waals surface area contributed by atoms with E-state index in [-0.39, 0.29) is 16.9 Å². The molecule has 0 aliphatic carbocycles. The molecule has 5 aromatic rings. The highest BCUT2D eigenvalue weighted by Crippen LogP contribution is 2.22. The average Bonchev–Trinajstić information content (AvgIpc) is 3.39. The molecule has 164 valence electrons. The number of fused-ring (bicyclic) bond motifs is 2. The number of nitrogens with two attached hydrogens (primary N) is 2. The molecule has 4 aromatic heterocycles. The Kier molecular flexibility index (Phi) is 5.89. The smallest absolute Gasteiger partial charge is 0.268 e. The Balaban J connectivity index is 0.000000172. The lowest BCUT2D eigenvalue weighted by Crippen LogP contribution is -2.23. The van der Waals surface area contributed by atoms with Crippen LogP contribution in [-0.2, 0) is 6.42 Å². The van der Waals surface area contributed by atoms with Gasteiger partial charge in [-0.1, -0.05) is 31.0 Å². The third-order valence-electron chi connectivity index (χ3n) is 4.83. The van der Waals surface area contributed by atoms with Crippen molar-refractivity contribution in [1.82, 2.24) is 24.1 Å². The van der Waals surface area contributed by atoms with E-state index in [1.807, 2.05) is 42.6 Å². The Bertz CT molecular complexity index is 1580. The molecule has 1 amide bonds. The maximum Gasteiger partial charge on any atom is 0.268 e. The fraction of sp³-hybridized carbons (Fsp3) is 0.0870. The summed E-state index contributed by atoms with van der Waals surface area (Å²) in [6, 6.07) is 11.2. The number of benzene rings is 1. The normalized spacial score (nSPS) is 10.5. The van der Waals surface area contributed by atoms with Gasteiger partial charge in [-0.05, 0) is 18.2 Å². The molecule has 0 fully saturated rings. The molecular weight excluding hydrogens is 438 g/mol. The Morgan fingerprint density at radius 3 is 2.67 bits per heavy atom. The maximum absolute atomic E-state index is 12.8. The van der Waals surface area contributed by atoms with Crippen LogP contribution < -0.4 is 17.0 Å². The molecule has 9 nitrogen and oxygen atoms in total. The van der Waals surface area contributed by atoms with Crippen molar-refractivity contribution in [3.8, 4) is 18.0 Å². The number of para-hydroxylation sites is 1. The first-order valence-corrected chi connectivity index (χ1v) is 10.8. The zero-order valence-electron chi connectivity index (χ0n) is 17.6. The molecule has 0 aliphatic heterocycles. The number of aryl methyl sites for hydroxylation is 1. The van der Waals surface area contributed by atoms with Gasteiger partial charge in [0.2, 0.25) is 0 Å². The van der Waals surface area contributed by atoms with Crippen LogP contribution in [0.1, 0.15) is 28.7 Å². The summed E-state index contributed by atoms with van der Waals surface area (Å²) in [5, 5.41) is 6.22. The predicted molar refractivity (Wildman–Crippen MR) is 128 cm³/mol. The van der Waals surface area contributed by atoms with Gasteiger partial charge in [-0.25, -0.2) is 14.5 Å². The van der Waals surface area contributed by atoms with Crippen LogP contribution in [0.2, 0.25) is 0 Å². The highest BCUT2D eigenvalue weighted by atomic mass is 32.1. The second-order valence-corrected chi connectivity index (χ2v) is 7.70. The molecule has 0 aliphatic rings. The summed E-state index contributed by atoms with van der Waals surface area (Å²) >= 11 is 1.42. The van der Waals surface area contributed by atoms with Gasteiger partial charge in [0.25, 0.3) is 11.5 Å². The minimum Gasteiger partial charge on any atom is -0.381 e. The van der Waals surface area contributed by atoms with Crippen LogP contribution in [0.15, 0.2) is 59.0 Å². The molecule has 0 spiro atoms. The number of amides is 1. The number of nitrogens with zero attached hydrogens (tertiary/aromatic N) is 5. The van der Waals surface area contributed by atoms with E-state index in [1.165, 1.54) is 15.9 Å². The van der Waals surface area contributed by atoms with E-state index in [0.29, 0.717) is 27.8 Å². The number of hydrogen-bond acceptors (Lipinski definition) is 7. The van der Waals surface area contributed by atoms with Gasteiger partial charge in [-0.3, -0.25) is 14.2 Å². The van der Waals surface area contributed by atoms with E-state index < -0.39 is 5.91 Å². The lowest BCUT2D eigenvalue weighted by molar-refractivity contribution is 0.100. The van der Waals surface area contributed by atoms with E-state index >= 15 is 0 Å². The maximum atomic E-state index is 12.8. The number of thiophene rings is 1. The van der Waals surface area contributed by atoms with Crippen LogP contribution >= 0.6 is 11.3 Å². The molecule has 0 saturated heterocycles. The first kappa shape index (κ1) is 21.7. The first-order valence-electron chi connectivity index (χ1n) is 9.90. The van der Waals surface area contributed by atoms with Gasteiger partial charge in [0, 0.05) is 24.2 Å². The summed E-state index contributed by atoms with van der Waals surface area (Å²) in [6.45, 7) is 1.99. The highest BCUT2D eigenvalue weighted by Gasteiger charge is 2.16. The fourth-order valence-electron chi connectivity index (χ4n) is 3.36. The number of carbonyl (C=O) groups is 1. The van der Waals surface area contributed by atoms with Gasteiger partial charge in [0.15, 0.2) is 11.5 Å². The summed E-state index contributed by atoms with van der Waals surface area (Å²) in [5.41, 5.74) is 12.5. The standard InChI is InChI=1S/C16H12N2OS.C7H7N5O/c1-3-11-10-20-15-14(11)16(19)18(13(4-2)17-15)12-8-6-5-7-9-12;8-5-4(6(9)13)7-10-2-1-3-12(7)11-5/h1,5-10H,4H2,2H3;1-3H,(H2,8,11)(H2,9,13). The summed E-state index contributed by atoms with van der Waals surface area (Å²) in [5.74, 6) is 2.80. The molecular formula is C23H19N7O2S. The summed E-state index contributed by atoms with van der Waals surface area (Å²) < 4.78 is 3.06. The van der Waals surface area contributed by atoms with Crippen molar-refractivity contribution in [2.75, 3.05) is 5.73 Å². The Morgan fingerprint density at radius 2 is 2.00 bits per heavy atom. The number of rotatable bonds is 3. The molecule has 0 saturated carbocycles. The molecule has 0 unspecified atom stereocenters. The van der Waals surface area contributed by atoms with Crippen molar-refractivity contribution in [2.24, 2.45) is 5.73 Å². The van der Waals surface area contributed by atoms with Crippen molar-refractivity contribution < 1.29 is 4.79 Å². The molecule has 0 radical (unpaired) electrons. The molecule has 5 rings (SSSR count). The van der Waals surface area contributed by atoms with Crippen molar-refractivity contribution in [3.63, 3.8) is 0 Å². The minimum atomic E-state index is -0.619. The van der Waals surface area contributed by atoms with E-state index in [4.69, 9.17) is 17.9 Å². The lowest BCUT2D eigenvalue weighted by atomic mass is 10.2. The minimum absolute atomic E-state index is 0.0905. The molecule has 0 atom stereocenters. The number of nitrogen functional groups attached to an aromatic ring is 1. The lowest BCUT2D eigenvalue weighted by Gasteiger charge is -2.11. The molecule has 0 bridgehead atoms. The molecule has 4 heterocycles. The number of aromatic nitrogens is 5. The first-order chi connectivity index (χ1) is 16.0. The third kappa shape index (κ3) is 3.93. The van der Waals surface area contributed by atoms with Crippen molar-refractivity contribution in [2.45, 2.75) is 13.3 Å². The number of carbonyl (C=O) groups excluding carboxylic acids is 1. The largest absolute Gasteiger partial charge is 0.381 e. The van der Waals surface area contributed by atoms with Crippen LogP contribution in [0, 0.1) is 12.3 Å². The molecule has 4 N–H and O–H groups in total. The van der Waals surface area contributed by atoms with Crippen LogP contribution in [0.3, 0.4) is 0 Å². The zero-order valence-corrected chi connectivity index (χ0v) is 18.4. The van der Waals surface area contributed by atoms with Gasteiger partial charge < -0.3 is 11.5 Å². The monoisotopic (exact) mass is 457 g/mol. The van der Waals surface area contributed by atoms with E-state index in [2.05, 4.69) is 21.0 Å². The highest BCUT2D eigenvalue weighted by molar-refractivity contribution is 7.17. The van der Waals surface area contributed by atoms with Gasteiger partial charge in [0.1, 0.15) is 16.2 Å². The van der Waals surface area contributed by atoms with E-state index in [9.17, 15) is 9.59 Å². The second kappa shape index (κ2) is 8.94. The van der Waals surface area contributed by atoms with Crippen LogP contribution in [0.25, 0.3) is 21.6 Å². The number of hydrogen-bond donors (Lipinski definition) is 2. The Morgan fingerprint density at radius 1 is 1.24 bits per heavy atom. The van der Waals surface area contributed by atoms with E-state index in [0.717, 1.165) is 11.5 Å².